The standard InChI is InChI=1S/C24H32N4O3S/c1-27-13-15-28(16-14-27)20-23-9-5-8-22(18-23)19-25-24(29)10-12-26-32(30,31)17-11-21-6-3-2-4-7-21/h2-9,11,17-18,26H,10,12-16,19-20H2,1H3,(H,25,29)/b17-11+. The number of piperazine rings is 1. The molecule has 0 unspecified atom stereocenters. The number of benzene rings is 2. The summed E-state index contributed by atoms with van der Waals surface area (Å²) in [6, 6.07) is 17.4. The number of hydrogen-bond donors (Lipinski definition) is 2. The van der Waals surface area contributed by atoms with Crippen molar-refractivity contribution >= 4 is 22.0 Å². The summed E-state index contributed by atoms with van der Waals surface area (Å²) < 4.78 is 26.5. The molecular weight excluding hydrogens is 424 g/mol. The van der Waals surface area contributed by atoms with Crippen LogP contribution < -0.4 is 10.0 Å². The zero-order chi connectivity index (χ0) is 22.8. The molecule has 1 aliphatic rings. The molecule has 2 aromatic carbocycles. The minimum Gasteiger partial charge on any atom is -0.352 e. The van der Waals surface area contributed by atoms with E-state index in [0.717, 1.165) is 49.3 Å². The van der Waals surface area contributed by atoms with E-state index in [9.17, 15) is 13.2 Å². The van der Waals surface area contributed by atoms with Crippen LogP contribution in [0.3, 0.4) is 0 Å². The Morgan fingerprint density at radius 2 is 1.72 bits per heavy atom. The molecule has 0 atom stereocenters. The molecule has 8 heteroatoms. The first kappa shape index (κ1) is 24.1. The number of nitrogens with zero attached hydrogens (tertiary/aromatic N) is 2. The van der Waals surface area contributed by atoms with Crippen molar-refractivity contribution in [3.8, 4) is 0 Å². The van der Waals surface area contributed by atoms with Gasteiger partial charge in [-0.15, -0.1) is 0 Å². The molecule has 172 valence electrons. The highest BCUT2D eigenvalue weighted by molar-refractivity contribution is 7.92. The van der Waals surface area contributed by atoms with Crippen LogP contribution in [-0.2, 0) is 27.9 Å². The lowest BCUT2D eigenvalue weighted by Gasteiger charge is -2.32. The van der Waals surface area contributed by atoms with E-state index >= 15 is 0 Å². The third kappa shape index (κ3) is 8.55. The Bertz CT molecular complexity index is 1000. The number of amides is 1. The van der Waals surface area contributed by atoms with Gasteiger partial charge in [0.1, 0.15) is 0 Å². The van der Waals surface area contributed by atoms with Crippen molar-refractivity contribution in [2.45, 2.75) is 19.5 Å². The molecule has 1 aliphatic heterocycles. The Morgan fingerprint density at radius 1 is 1.00 bits per heavy atom. The highest BCUT2D eigenvalue weighted by Crippen LogP contribution is 2.10. The van der Waals surface area contributed by atoms with E-state index in [1.807, 2.05) is 42.5 Å². The van der Waals surface area contributed by atoms with Crippen molar-refractivity contribution in [3.05, 3.63) is 76.7 Å². The van der Waals surface area contributed by atoms with E-state index < -0.39 is 10.0 Å². The second-order valence-corrected chi connectivity index (χ2v) is 9.73. The molecule has 0 spiro atoms. The summed E-state index contributed by atoms with van der Waals surface area (Å²) in [6.07, 6.45) is 1.61. The van der Waals surface area contributed by atoms with Gasteiger partial charge in [-0.1, -0.05) is 54.6 Å². The third-order valence-corrected chi connectivity index (χ3v) is 6.48. The predicted octanol–water partition coefficient (Wildman–Crippen LogP) is 2.03. The Hall–Kier alpha value is -2.52. The topological polar surface area (TPSA) is 81.8 Å². The summed E-state index contributed by atoms with van der Waals surface area (Å²) in [7, 11) is -1.44. The van der Waals surface area contributed by atoms with Crippen molar-refractivity contribution in [1.29, 1.82) is 0 Å². The quantitative estimate of drug-likeness (QED) is 0.572. The molecule has 3 rings (SSSR count). The van der Waals surface area contributed by atoms with E-state index in [1.54, 1.807) is 0 Å². The summed E-state index contributed by atoms with van der Waals surface area (Å²) in [5.74, 6) is -0.191. The number of nitrogens with one attached hydrogen (secondary N) is 2. The molecule has 2 aromatic rings. The molecule has 1 fully saturated rings. The van der Waals surface area contributed by atoms with E-state index in [4.69, 9.17) is 0 Å². The Kier molecular flexibility index (Phi) is 8.99. The molecule has 32 heavy (non-hydrogen) atoms. The highest BCUT2D eigenvalue weighted by atomic mass is 32.2. The number of likely N-dealkylation sites (N-methyl/N-ethyl adjacent to an activating group) is 1. The van der Waals surface area contributed by atoms with Crippen molar-refractivity contribution in [2.75, 3.05) is 39.8 Å². The maximum absolute atomic E-state index is 12.1. The van der Waals surface area contributed by atoms with Crippen LogP contribution >= 0.6 is 0 Å². The molecule has 0 aromatic heterocycles. The zero-order valence-corrected chi connectivity index (χ0v) is 19.4. The molecule has 1 amide bonds. The van der Waals surface area contributed by atoms with Crippen molar-refractivity contribution in [2.24, 2.45) is 0 Å². The lowest BCUT2D eigenvalue weighted by Crippen LogP contribution is -2.43. The Morgan fingerprint density at radius 3 is 2.47 bits per heavy atom. The van der Waals surface area contributed by atoms with Crippen LogP contribution in [0.4, 0.5) is 0 Å². The molecular formula is C24H32N4O3S. The summed E-state index contributed by atoms with van der Waals surface area (Å²) in [5, 5.41) is 3.98. The average Bonchev–Trinajstić information content (AvgIpc) is 2.79. The first-order valence-electron chi connectivity index (χ1n) is 10.9. The number of sulfonamides is 1. The van der Waals surface area contributed by atoms with Gasteiger partial charge in [-0.05, 0) is 29.8 Å². The Balaban J connectivity index is 1.38. The first-order chi connectivity index (χ1) is 15.4. The molecule has 0 radical (unpaired) electrons. The van der Waals surface area contributed by atoms with Crippen molar-refractivity contribution < 1.29 is 13.2 Å². The lowest BCUT2D eigenvalue weighted by molar-refractivity contribution is -0.121. The van der Waals surface area contributed by atoms with Gasteiger partial charge >= 0.3 is 0 Å². The van der Waals surface area contributed by atoms with Crippen LogP contribution in [0.2, 0.25) is 0 Å². The molecule has 0 saturated carbocycles. The van der Waals surface area contributed by atoms with Gasteiger partial charge in [0.2, 0.25) is 15.9 Å². The van der Waals surface area contributed by atoms with Crippen LogP contribution in [0.1, 0.15) is 23.1 Å². The van der Waals surface area contributed by atoms with Crippen LogP contribution in [0.5, 0.6) is 0 Å². The summed E-state index contributed by atoms with van der Waals surface area (Å²) >= 11 is 0. The molecule has 2 N–H and O–H groups in total. The second-order valence-electron chi connectivity index (χ2n) is 8.08. The number of rotatable bonds is 10. The zero-order valence-electron chi connectivity index (χ0n) is 18.5. The molecule has 7 nitrogen and oxygen atoms in total. The predicted molar refractivity (Wildman–Crippen MR) is 128 cm³/mol. The summed E-state index contributed by atoms with van der Waals surface area (Å²) in [6.45, 7) is 5.69. The smallest absolute Gasteiger partial charge is 0.233 e. The second kappa shape index (κ2) is 11.9. The van der Waals surface area contributed by atoms with Crippen LogP contribution in [0.15, 0.2) is 60.0 Å². The maximum atomic E-state index is 12.1. The van der Waals surface area contributed by atoms with Gasteiger partial charge in [0.05, 0.1) is 0 Å². The van der Waals surface area contributed by atoms with Crippen LogP contribution in [0.25, 0.3) is 6.08 Å². The fraction of sp³-hybridized carbons (Fsp3) is 0.375. The molecule has 1 heterocycles. The van der Waals surface area contributed by atoms with Gasteiger partial charge in [0.15, 0.2) is 0 Å². The van der Waals surface area contributed by atoms with E-state index in [1.165, 1.54) is 11.6 Å². The number of hydrogen-bond acceptors (Lipinski definition) is 5. The SMILES string of the molecule is CN1CCN(Cc2cccc(CNC(=O)CCNS(=O)(=O)/C=C/c3ccccc3)c2)CC1. The monoisotopic (exact) mass is 456 g/mol. The van der Waals surface area contributed by atoms with Gasteiger partial charge in [-0.2, -0.15) is 0 Å². The molecule has 1 saturated heterocycles. The van der Waals surface area contributed by atoms with E-state index in [-0.39, 0.29) is 18.9 Å². The van der Waals surface area contributed by atoms with Gasteiger partial charge in [-0.3, -0.25) is 9.69 Å². The largest absolute Gasteiger partial charge is 0.352 e. The lowest BCUT2D eigenvalue weighted by atomic mass is 10.1. The van der Waals surface area contributed by atoms with Gasteiger partial charge in [0, 0.05) is 57.6 Å². The van der Waals surface area contributed by atoms with Gasteiger partial charge in [-0.25, -0.2) is 13.1 Å². The number of carbonyl (C=O) groups is 1. The average molecular weight is 457 g/mol. The Labute approximate surface area is 191 Å². The molecule has 0 aliphatic carbocycles. The van der Waals surface area contributed by atoms with E-state index in [2.05, 4.69) is 39.0 Å². The molecule has 0 bridgehead atoms. The first-order valence-corrected chi connectivity index (χ1v) is 12.4. The minimum atomic E-state index is -3.58. The van der Waals surface area contributed by atoms with E-state index in [0.29, 0.717) is 6.54 Å². The minimum absolute atomic E-state index is 0.0523. The number of carbonyl (C=O) groups excluding carboxylic acids is 1. The van der Waals surface area contributed by atoms with Crippen LogP contribution in [-0.4, -0.2) is 63.9 Å². The summed E-state index contributed by atoms with van der Waals surface area (Å²) in [5.41, 5.74) is 3.07. The fourth-order valence-electron chi connectivity index (χ4n) is 3.48. The normalized spacial score (nSPS) is 15.8. The van der Waals surface area contributed by atoms with Crippen molar-refractivity contribution in [3.63, 3.8) is 0 Å². The summed E-state index contributed by atoms with van der Waals surface area (Å²) in [4.78, 5) is 16.9. The van der Waals surface area contributed by atoms with Crippen LogP contribution in [0, 0.1) is 0 Å². The third-order valence-electron chi connectivity index (χ3n) is 5.38. The van der Waals surface area contributed by atoms with Gasteiger partial charge in [0.25, 0.3) is 0 Å². The fourth-order valence-corrected chi connectivity index (χ4v) is 4.30. The van der Waals surface area contributed by atoms with Gasteiger partial charge < -0.3 is 10.2 Å². The highest BCUT2D eigenvalue weighted by Gasteiger charge is 2.14. The maximum Gasteiger partial charge on any atom is 0.233 e. The van der Waals surface area contributed by atoms with Crippen molar-refractivity contribution in [1.82, 2.24) is 19.8 Å².